The fourth-order valence-corrected chi connectivity index (χ4v) is 3.38. The van der Waals surface area contributed by atoms with Crippen LogP contribution in [0.2, 0.25) is 0 Å². The van der Waals surface area contributed by atoms with E-state index in [1.165, 1.54) is 4.88 Å². The molecule has 1 aromatic heterocycles. The first-order valence-corrected chi connectivity index (χ1v) is 7.65. The summed E-state index contributed by atoms with van der Waals surface area (Å²) in [5, 5.41) is 8.65. The Kier molecular flexibility index (Phi) is 4.78. The largest absolute Gasteiger partial charge is 0.348 e. The van der Waals surface area contributed by atoms with E-state index in [9.17, 15) is 4.79 Å². The summed E-state index contributed by atoms with van der Waals surface area (Å²) in [4.78, 5) is 13.5. The van der Waals surface area contributed by atoms with Gasteiger partial charge in [-0.25, -0.2) is 0 Å². The van der Waals surface area contributed by atoms with Crippen molar-refractivity contribution < 1.29 is 4.79 Å². The molecule has 0 saturated carbocycles. The summed E-state index contributed by atoms with van der Waals surface area (Å²) in [5.41, 5.74) is 0. The zero-order valence-corrected chi connectivity index (χ0v) is 11.9. The zero-order valence-electron chi connectivity index (χ0n) is 11.1. The standard InChI is InChI=1S/C14H22N2OS/c1-3-12(13-5-4-8-18-13)16-14(17)11-6-7-15-10(2)9-11/h4-5,8,10-12,15H,3,6-7,9H2,1-2H3,(H,16,17). The number of carbonyl (C=O) groups excluding carboxylic acids is 1. The van der Waals surface area contributed by atoms with Crippen molar-refractivity contribution >= 4 is 17.2 Å². The van der Waals surface area contributed by atoms with Crippen molar-refractivity contribution in [2.45, 2.75) is 45.2 Å². The average Bonchev–Trinajstić information content (AvgIpc) is 2.89. The van der Waals surface area contributed by atoms with Gasteiger partial charge in [0.05, 0.1) is 6.04 Å². The molecular weight excluding hydrogens is 244 g/mol. The van der Waals surface area contributed by atoms with Crippen LogP contribution in [0, 0.1) is 5.92 Å². The topological polar surface area (TPSA) is 41.1 Å². The fraction of sp³-hybridized carbons (Fsp3) is 0.643. The van der Waals surface area contributed by atoms with E-state index in [4.69, 9.17) is 0 Å². The Labute approximate surface area is 113 Å². The second-order valence-electron chi connectivity index (χ2n) is 5.06. The highest BCUT2D eigenvalue weighted by Crippen LogP contribution is 2.23. The molecule has 3 atom stereocenters. The first-order valence-electron chi connectivity index (χ1n) is 6.77. The first-order chi connectivity index (χ1) is 8.70. The molecule has 3 unspecified atom stereocenters. The number of nitrogens with one attached hydrogen (secondary N) is 2. The fourth-order valence-electron chi connectivity index (χ4n) is 2.52. The summed E-state index contributed by atoms with van der Waals surface area (Å²) in [5.74, 6) is 0.402. The summed E-state index contributed by atoms with van der Waals surface area (Å²) in [6.07, 6.45) is 2.86. The van der Waals surface area contributed by atoms with Gasteiger partial charge >= 0.3 is 0 Å². The number of hydrogen-bond acceptors (Lipinski definition) is 3. The predicted molar refractivity (Wildman–Crippen MR) is 75.7 cm³/mol. The molecule has 3 nitrogen and oxygen atoms in total. The number of amides is 1. The molecule has 0 bridgehead atoms. The summed E-state index contributed by atoms with van der Waals surface area (Å²) in [6, 6.07) is 4.78. The van der Waals surface area contributed by atoms with Crippen LogP contribution in [0.4, 0.5) is 0 Å². The van der Waals surface area contributed by atoms with Gasteiger partial charge in [0.2, 0.25) is 5.91 Å². The maximum atomic E-state index is 12.3. The summed E-state index contributed by atoms with van der Waals surface area (Å²) < 4.78 is 0. The smallest absolute Gasteiger partial charge is 0.223 e. The summed E-state index contributed by atoms with van der Waals surface area (Å²) in [6.45, 7) is 5.22. The highest BCUT2D eigenvalue weighted by molar-refractivity contribution is 7.10. The van der Waals surface area contributed by atoms with Gasteiger partial charge in [0.15, 0.2) is 0 Å². The molecule has 1 saturated heterocycles. The van der Waals surface area contributed by atoms with E-state index in [0.717, 1.165) is 25.8 Å². The number of rotatable bonds is 4. The minimum atomic E-state index is 0.176. The number of thiophene rings is 1. The van der Waals surface area contributed by atoms with Crippen molar-refractivity contribution in [1.82, 2.24) is 10.6 Å². The molecule has 1 fully saturated rings. The van der Waals surface area contributed by atoms with Crippen LogP contribution < -0.4 is 10.6 Å². The van der Waals surface area contributed by atoms with Gasteiger partial charge in [0.1, 0.15) is 0 Å². The molecule has 1 aliphatic heterocycles. The molecule has 0 aliphatic carbocycles. The molecule has 18 heavy (non-hydrogen) atoms. The molecule has 4 heteroatoms. The molecule has 0 aromatic carbocycles. The van der Waals surface area contributed by atoms with Crippen molar-refractivity contribution in [1.29, 1.82) is 0 Å². The highest BCUT2D eigenvalue weighted by Gasteiger charge is 2.26. The van der Waals surface area contributed by atoms with E-state index < -0.39 is 0 Å². The molecule has 1 aromatic rings. The van der Waals surface area contributed by atoms with Crippen LogP contribution in [0.3, 0.4) is 0 Å². The van der Waals surface area contributed by atoms with E-state index in [2.05, 4.69) is 35.9 Å². The van der Waals surface area contributed by atoms with Gasteiger partial charge in [-0.3, -0.25) is 4.79 Å². The molecule has 0 spiro atoms. The van der Waals surface area contributed by atoms with Crippen LogP contribution in [-0.2, 0) is 4.79 Å². The van der Waals surface area contributed by atoms with Crippen molar-refractivity contribution in [3.8, 4) is 0 Å². The molecule has 1 aliphatic rings. The van der Waals surface area contributed by atoms with E-state index in [-0.39, 0.29) is 17.9 Å². The lowest BCUT2D eigenvalue weighted by atomic mass is 9.92. The highest BCUT2D eigenvalue weighted by atomic mass is 32.1. The maximum Gasteiger partial charge on any atom is 0.223 e. The minimum Gasteiger partial charge on any atom is -0.348 e. The Hall–Kier alpha value is -0.870. The Morgan fingerprint density at radius 1 is 1.67 bits per heavy atom. The lowest BCUT2D eigenvalue weighted by Gasteiger charge is -2.28. The third kappa shape index (κ3) is 3.33. The van der Waals surface area contributed by atoms with Gasteiger partial charge in [0.25, 0.3) is 0 Å². The SMILES string of the molecule is CCC(NC(=O)C1CCNC(C)C1)c1cccs1. The first kappa shape index (κ1) is 13.6. The number of carbonyl (C=O) groups is 1. The van der Waals surface area contributed by atoms with Crippen LogP contribution in [0.15, 0.2) is 17.5 Å². The van der Waals surface area contributed by atoms with E-state index in [1.807, 2.05) is 6.07 Å². The van der Waals surface area contributed by atoms with Crippen LogP contribution in [0.1, 0.15) is 44.0 Å². The summed E-state index contributed by atoms with van der Waals surface area (Å²) in [7, 11) is 0. The second kappa shape index (κ2) is 6.34. The van der Waals surface area contributed by atoms with Gasteiger partial charge in [-0.1, -0.05) is 13.0 Å². The monoisotopic (exact) mass is 266 g/mol. The minimum absolute atomic E-state index is 0.176. The normalized spacial score (nSPS) is 25.7. The quantitative estimate of drug-likeness (QED) is 0.880. The van der Waals surface area contributed by atoms with Gasteiger partial charge in [-0.2, -0.15) is 0 Å². The molecule has 2 rings (SSSR count). The molecular formula is C14H22N2OS. The second-order valence-corrected chi connectivity index (χ2v) is 6.04. The zero-order chi connectivity index (χ0) is 13.0. The molecule has 2 heterocycles. The Bertz CT molecular complexity index is 377. The van der Waals surface area contributed by atoms with Crippen LogP contribution in [0.5, 0.6) is 0 Å². The lowest BCUT2D eigenvalue weighted by molar-refractivity contribution is -0.126. The summed E-state index contributed by atoms with van der Waals surface area (Å²) >= 11 is 1.72. The lowest BCUT2D eigenvalue weighted by Crippen LogP contribution is -2.43. The van der Waals surface area contributed by atoms with E-state index in [0.29, 0.717) is 6.04 Å². The molecule has 1 amide bonds. The van der Waals surface area contributed by atoms with Gasteiger partial charge in [-0.15, -0.1) is 11.3 Å². The molecule has 100 valence electrons. The number of hydrogen-bond donors (Lipinski definition) is 2. The molecule has 2 N–H and O–H groups in total. The van der Waals surface area contributed by atoms with Gasteiger partial charge in [0, 0.05) is 16.8 Å². The van der Waals surface area contributed by atoms with Crippen molar-refractivity contribution in [3.05, 3.63) is 22.4 Å². The van der Waals surface area contributed by atoms with Crippen LogP contribution in [0.25, 0.3) is 0 Å². The number of piperidine rings is 1. The third-order valence-corrected chi connectivity index (χ3v) is 4.59. The Balaban J connectivity index is 1.93. The average molecular weight is 266 g/mol. The third-order valence-electron chi connectivity index (χ3n) is 3.61. The maximum absolute atomic E-state index is 12.3. The van der Waals surface area contributed by atoms with Crippen molar-refractivity contribution in [3.63, 3.8) is 0 Å². The van der Waals surface area contributed by atoms with Crippen LogP contribution >= 0.6 is 11.3 Å². The van der Waals surface area contributed by atoms with Crippen molar-refractivity contribution in [2.75, 3.05) is 6.54 Å². The van der Waals surface area contributed by atoms with Gasteiger partial charge < -0.3 is 10.6 Å². The Morgan fingerprint density at radius 2 is 2.50 bits per heavy atom. The Morgan fingerprint density at radius 3 is 3.11 bits per heavy atom. The molecule has 0 radical (unpaired) electrons. The van der Waals surface area contributed by atoms with E-state index >= 15 is 0 Å². The van der Waals surface area contributed by atoms with Gasteiger partial charge in [-0.05, 0) is 44.2 Å². The van der Waals surface area contributed by atoms with Crippen molar-refractivity contribution in [2.24, 2.45) is 5.92 Å². The van der Waals surface area contributed by atoms with E-state index in [1.54, 1.807) is 11.3 Å². The van der Waals surface area contributed by atoms with Crippen LogP contribution in [-0.4, -0.2) is 18.5 Å². The predicted octanol–water partition coefficient (Wildman–Crippen LogP) is 2.70.